The molecule has 0 atom stereocenters. The van der Waals surface area contributed by atoms with Crippen molar-refractivity contribution in [3.05, 3.63) is 91.0 Å². The Bertz CT molecular complexity index is 832. The zero-order chi connectivity index (χ0) is 20.3. The van der Waals surface area contributed by atoms with E-state index in [2.05, 4.69) is 124 Å². The van der Waals surface area contributed by atoms with Gasteiger partial charge in [0.05, 0.1) is 15.7 Å². The molecule has 0 heterocycles. The van der Waals surface area contributed by atoms with Crippen LogP contribution in [0.2, 0.25) is 44.8 Å². The summed E-state index contributed by atoms with van der Waals surface area (Å²) in [6.07, 6.45) is 0. The van der Waals surface area contributed by atoms with Gasteiger partial charge in [-0.1, -0.05) is 151 Å². The van der Waals surface area contributed by atoms with E-state index in [9.17, 15) is 0 Å². The lowest BCUT2D eigenvalue weighted by atomic mass is 10.4. The molecule has 0 fully saturated rings. The van der Waals surface area contributed by atoms with Gasteiger partial charge in [0, 0.05) is 0 Å². The number of hydrogen-bond acceptors (Lipinski definition) is 0. The van der Waals surface area contributed by atoms with Crippen molar-refractivity contribution in [3.8, 4) is 0 Å². The number of benzene rings is 3. The highest BCUT2D eigenvalue weighted by atomic mass is 29.3. The van der Waals surface area contributed by atoms with Crippen molar-refractivity contribution in [2.24, 2.45) is 0 Å². The van der Waals surface area contributed by atoms with E-state index in [-0.39, 0.29) is 0 Å². The van der Waals surface area contributed by atoms with E-state index >= 15 is 0 Å². The van der Waals surface area contributed by atoms with Crippen LogP contribution in [0.3, 0.4) is 0 Å². The van der Waals surface area contributed by atoms with Crippen LogP contribution in [0, 0.1) is 0 Å². The van der Waals surface area contributed by atoms with E-state index in [1.165, 1.54) is 12.1 Å². The minimum atomic E-state index is -1.77. The maximum absolute atomic E-state index is 2.66. The molecule has 28 heavy (non-hydrogen) atoms. The molecule has 3 rings (SSSR count). The molecular weight excluding hydrogens is 385 g/mol. The molecular formula is C25H34Si3. The summed E-state index contributed by atoms with van der Waals surface area (Å²) in [5.41, 5.74) is 0. The van der Waals surface area contributed by atoms with E-state index in [0.717, 1.165) is 0 Å². The Morgan fingerprint density at radius 1 is 0.464 bits per heavy atom. The van der Waals surface area contributed by atoms with E-state index in [4.69, 9.17) is 0 Å². The molecule has 0 saturated heterocycles. The zero-order valence-electron chi connectivity index (χ0n) is 18.1. The van der Waals surface area contributed by atoms with Crippen LogP contribution in [0.5, 0.6) is 0 Å². The fraction of sp³-hybridized carbons (Fsp3) is 0.280. The minimum absolute atomic E-state index is 1.39. The molecule has 0 aliphatic rings. The molecule has 0 N–H and O–H groups in total. The number of hydrogen-bond donors (Lipinski definition) is 0. The lowest BCUT2D eigenvalue weighted by Crippen LogP contribution is -2.72. The molecule has 0 saturated carbocycles. The highest BCUT2D eigenvalue weighted by Gasteiger charge is 2.47. The maximum atomic E-state index is 2.66. The van der Waals surface area contributed by atoms with Gasteiger partial charge in [-0.05, 0) is 0 Å². The quantitative estimate of drug-likeness (QED) is 0.458. The third kappa shape index (κ3) is 4.17. The molecule has 0 spiro atoms. The second-order valence-electron chi connectivity index (χ2n) is 9.49. The van der Waals surface area contributed by atoms with Gasteiger partial charge in [0.2, 0.25) is 0 Å². The van der Waals surface area contributed by atoms with Crippen molar-refractivity contribution in [2.45, 2.75) is 44.8 Å². The first kappa shape index (κ1) is 21.0. The first-order chi connectivity index (χ1) is 13.3. The molecule has 0 aromatic heterocycles. The van der Waals surface area contributed by atoms with E-state index in [0.29, 0.717) is 0 Å². The minimum Gasteiger partial charge on any atom is -0.0707 e. The fourth-order valence-electron chi connectivity index (χ4n) is 4.40. The van der Waals surface area contributed by atoms with Crippen LogP contribution in [0.25, 0.3) is 0 Å². The van der Waals surface area contributed by atoms with Gasteiger partial charge < -0.3 is 0 Å². The first-order valence-corrected chi connectivity index (χ1v) is 20.4. The molecule has 0 amide bonds. The molecule has 0 radical (unpaired) electrons. The summed E-state index contributed by atoms with van der Waals surface area (Å²) in [6, 6.07) is 36.9. The van der Waals surface area contributed by atoms with Crippen molar-refractivity contribution in [1.82, 2.24) is 0 Å². The molecule has 3 aromatic rings. The van der Waals surface area contributed by atoms with E-state index in [1.807, 2.05) is 0 Å². The van der Waals surface area contributed by atoms with Gasteiger partial charge in [0.25, 0.3) is 0 Å². The highest BCUT2D eigenvalue weighted by molar-refractivity contribution is 7.50. The van der Waals surface area contributed by atoms with Crippen molar-refractivity contribution in [1.29, 1.82) is 0 Å². The summed E-state index contributed by atoms with van der Waals surface area (Å²) in [4.78, 5) is 0. The van der Waals surface area contributed by atoms with Crippen molar-refractivity contribution in [2.75, 3.05) is 0 Å². The van der Waals surface area contributed by atoms with Crippen LogP contribution in [0.1, 0.15) is 0 Å². The Hall–Kier alpha value is -1.69. The van der Waals surface area contributed by atoms with Gasteiger partial charge >= 0.3 is 0 Å². The lowest BCUT2D eigenvalue weighted by molar-refractivity contribution is 1.30. The average Bonchev–Trinajstić information content (AvgIpc) is 2.73. The van der Waals surface area contributed by atoms with Gasteiger partial charge in [-0.3, -0.25) is 0 Å². The van der Waals surface area contributed by atoms with Crippen molar-refractivity contribution in [3.63, 3.8) is 0 Å². The lowest BCUT2D eigenvalue weighted by Gasteiger charge is -2.43. The Morgan fingerprint density at radius 2 is 0.821 bits per heavy atom. The van der Waals surface area contributed by atoms with Crippen molar-refractivity contribution < 1.29 is 0 Å². The van der Waals surface area contributed by atoms with Crippen LogP contribution in [-0.4, -0.2) is 23.3 Å². The second kappa shape index (κ2) is 8.36. The summed E-state index contributed by atoms with van der Waals surface area (Å²) < 4.78 is 0. The van der Waals surface area contributed by atoms with Crippen LogP contribution >= 0.6 is 0 Å². The summed E-state index contributed by atoms with van der Waals surface area (Å²) in [6.45, 7) is 13.1. The smallest absolute Gasteiger partial charge is 0.0707 e. The Morgan fingerprint density at radius 3 is 1.21 bits per heavy atom. The Kier molecular flexibility index (Phi) is 6.28. The summed E-state index contributed by atoms with van der Waals surface area (Å²) in [7, 11) is -4.69. The van der Waals surface area contributed by atoms with Gasteiger partial charge in [-0.25, -0.2) is 0 Å². The van der Waals surface area contributed by atoms with Crippen LogP contribution in [0.15, 0.2) is 91.0 Å². The van der Waals surface area contributed by atoms with Crippen LogP contribution < -0.4 is 15.6 Å². The van der Waals surface area contributed by atoms with Crippen molar-refractivity contribution >= 4 is 38.8 Å². The third-order valence-electron chi connectivity index (χ3n) is 6.99. The van der Waals surface area contributed by atoms with Gasteiger partial charge in [-0.15, -0.1) is 0 Å². The monoisotopic (exact) mass is 418 g/mol. The van der Waals surface area contributed by atoms with Gasteiger partial charge in [-0.2, -0.15) is 0 Å². The molecule has 0 aliphatic heterocycles. The van der Waals surface area contributed by atoms with Crippen LogP contribution in [-0.2, 0) is 0 Å². The van der Waals surface area contributed by atoms with E-state index in [1.54, 1.807) is 15.6 Å². The summed E-state index contributed by atoms with van der Waals surface area (Å²) in [5.74, 6) is 0. The largest absolute Gasteiger partial charge is 0.107 e. The Balaban J connectivity index is 1.95. The molecule has 3 aromatic carbocycles. The summed E-state index contributed by atoms with van der Waals surface area (Å²) >= 11 is 0. The molecule has 0 nitrogen and oxygen atoms in total. The zero-order valence-corrected chi connectivity index (χ0v) is 21.1. The molecule has 0 unspecified atom stereocenters. The summed E-state index contributed by atoms with van der Waals surface area (Å²) in [5, 5.41) is 4.82. The number of rotatable bonds is 7. The normalized spacial score (nSPS) is 12.8. The fourth-order valence-corrected chi connectivity index (χ4v) is 23.2. The van der Waals surface area contributed by atoms with Gasteiger partial charge in [0.15, 0.2) is 0 Å². The molecule has 146 valence electrons. The topological polar surface area (TPSA) is 0 Å². The predicted octanol–water partition coefficient (Wildman–Crippen LogP) is 5.28. The standard InChI is InChI=1S/C25H34Si3/c1-26(2,23-15-9-6-10-16-23)21-22-27(3,4)28(5,24-17-11-7-12-18-24)25-19-13-8-14-20-25/h6-20H,21-22H2,1-5H3. The predicted molar refractivity (Wildman–Crippen MR) is 134 cm³/mol. The molecule has 0 bridgehead atoms. The Labute approximate surface area is 174 Å². The highest BCUT2D eigenvalue weighted by Crippen LogP contribution is 2.28. The molecule has 3 heteroatoms. The molecule has 0 aliphatic carbocycles. The average molecular weight is 419 g/mol. The SMILES string of the molecule is C[Si](C)(CC[Si](C)(C)[Si](C)(c1ccccc1)c1ccccc1)c1ccccc1. The van der Waals surface area contributed by atoms with Crippen LogP contribution in [0.4, 0.5) is 0 Å². The third-order valence-corrected chi connectivity index (χ3v) is 28.7. The van der Waals surface area contributed by atoms with E-state index < -0.39 is 23.3 Å². The van der Waals surface area contributed by atoms with Gasteiger partial charge in [0.1, 0.15) is 7.59 Å². The second-order valence-corrected chi connectivity index (χ2v) is 29.1. The first-order valence-electron chi connectivity index (χ1n) is 10.4. The maximum Gasteiger partial charge on any atom is 0.107 e.